The Hall–Kier alpha value is -3.58. The monoisotopic (exact) mass is 418 g/mol. The van der Waals surface area contributed by atoms with Gasteiger partial charge in [-0.3, -0.25) is 14.6 Å². The number of nitrogens with zero attached hydrogens (tertiary/aromatic N) is 3. The highest BCUT2D eigenvalue weighted by Gasteiger charge is 2.19. The number of hydrogen-bond acceptors (Lipinski definition) is 5. The summed E-state index contributed by atoms with van der Waals surface area (Å²) in [7, 11) is 0. The average Bonchev–Trinajstić information content (AvgIpc) is 2.82. The van der Waals surface area contributed by atoms with Crippen LogP contribution in [0.25, 0.3) is 0 Å². The molecule has 0 radical (unpaired) electrons. The number of morpholine rings is 1. The Labute approximate surface area is 182 Å². The Kier molecular flexibility index (Phi) is 7.45. The minimum absolute atomic E-state index is 0.0422. The fourth-order valence-corrected chi connectivity index (χ4v) is 3.14. The van der Waals surface area contributed by atoms with Gasteiger partial charge < -0.3 is 15.0 Å². The van der Waals surface area contributed by atoms with Gasteiger partial charge in [-0.25, -0.2) is 4.99 Å². The van der Waals surface area contributed by atoms with E-state index in [-0.39, 0.29) is 17.5 Å². The smallest absolute Gasteiger partial charge is 0.276 e. The predicted molar refractivity (Wildman–Crippen MR) is 123 cm³/mol. The number of ether oxygens (including phenoxy) is 1. The van der Waals surface area contributed by atoms with Crippen LogP contribution >= 0.6 is 0 Å². The first-order valence-corrected chi connectivity index (χ1v) is 10.1. The third-order valence-corrected chi connectivity index (χ3v) is 4.93. The molecular formula is C24H26N4O3. The molecule has 1 N–H and O–H groups in total. The number of rotatable bonds is 6. The number of amides is 2. The minimum atomic E-state index is -0.379. The maximum Gasteiger partial charge on any atom is 0.276 e. The van der Waals surface area contributed by atoms with Crippen molar-refractivity contribution in [3.05, 3.63) is 77.1 Å². The molecule has 0 unspecified atom stereocenters. The topological polar surface area (TPSA) is 83.4 Å². The minimum Gasteiger partial charge on any atom is -0.378 e. The van der Waals surface area contributed by atoms with Gasteiger partial charge in [0.05, 0.1) is 18.9 Å². The highest BCUT2D eigenvalue weighted by molar-refractivity contribution is 6.09. The first kappa shape index (κ1) is 22.1. The molecular weight excluding hydrogens is 392 g/mol. The Morgan fingerprint density at radius 1 is 1.00 bits per heavy atom. The van der Waals surface area contributed by atoms with E-state index >= 15 is 0 Å². The molecule has 2 aromatic rings. The van der Waals surface area contributed by atoms with E-state index in [2.05, 4.69) is 22.0 Å². The number of aliphatic imine (C=N–C) groups is 2. The molecule has 0 bridgehead atoms. The zero-order valence-electron chi connectivity index (χ0n) is 17.8. The summed E-state index contributed by atoms with van der Waals surface area (Å²) in [5.41, 5.74) is 3.16. The largest absolute Gasteiger partial charge is 0.378 e. The Morgan fingerprint density at radius 3 is 2.35 bits per heavy atom. The molecule has 1 saturated heterocycles. The van der Waals surface area contributed by atoms with E-state index in [1.165, 1.54) is 0 Å². The molecule has 7 heteroatoms. The lowest BCUT2D eigenvalue weighted by molar-refractivity contribution is -0.112. The summed E-state index contributed by atoms with van der Waals surface area (Å²) in [6, 6.07) is 16.4. The van der Waals surface area contributed by atoms with Gasteiger partial charge in [-0.2, -0.15) is 0 Å². The molecule has 0 aromatic heterocycles. The SMILES string of the molecule is C=N/C(C)=C(\N=C(/C)c1cccc(C(=O)N2CCOCC2)c1)C(=O)Nc1ccccc1. The van der Waals surface area contributed by atoms with Crippen molar-refractivity contribution >= 4 is 29.9 Å². The van der Waals surface area contributed by atoms with Crippen molar-refractivity contribution in [2.24, 2.45) is 9.98 Å². The Morgan fingerprint density at radius 2 is 1.68 bits per heavy atom. The summed E-state index contributed by atoms with van der Waals surface area (Å²) in [5, 5.41) is 2.82. The maximum atomic E-state index is 12.8. The lowest BCUT2D eigenvalue weighted by atomic mass is 10.1. The lowest BCUT2D eigenvalue weighted by Crippen LogP contribution is -2.40. The maximum absolute atomic E-state index is 12.8. The van der Waals surface area contributed by atoms with Crippen LogP contribution in [0.2, 0.25) is 0 Å². The molecule has 0 aliphatic carbocycles. The van der Waals surface area contributed by atoms with Crippen LogP contribution in [0.15, 0.2) is 76.0 Å². The molecule has 0 spiro atoms. The summed E-state index contributed by atoms with van der Waals surface area (Å²) < 4.78 is 5.32. The highest BCUT2D eigenvalue weighted by atomic mass is 16.5. The fraction of sp³-hybridized carbons (Fsp3) is 0.250. The van der Waals surface area contributed by atoms with Crippen molar-refractivity contribution < 1.29 is 14.3 Å². The van der Waals surface area contributed by atoms with Crippen LogP contribution in [-0.4, -0.2) is 55.4 Å². The van der Waals surface area contributed by atoms with Gasteiger partial charge in [-0.15, -0.1) is 0 Å². The molecule has 1 aliphatic rings. The summed E-state index contributed by atoms with van der Waals surface area (Å²) in [4.78, 5) is 35.8. The van der Waals surface area contributed by atoms with E-state index in [9.17, 15) is 9.59 Å². The van der Waals surface area contributed by atoms with E-state index in [4.69, 9.17) is 4.74 Å². The van der Waals surface area contributed by atoms with Crippen LogP contribution in [0.5, 0.6) is 0 Å². The third kappa shape index (κ3) is 5.73. The van der Waals surface area contributed by atoms with Gasteiger partial charge in [-0.1, -0.05) is 30.3 Å². The standard InChI is InChI=1S/C24H26N4O3/c1-17(19-8-7-9-20(16-19)24(30)28-12-14-31-15-13-28)26-22(18(2)25-3)23(29)27-21-10-5-4-6-11-21/h4-11,16H,3,12-15H2,1-2H3,(H,27,29)/b22-18-,26-17+. The zero-order chi connectivity index (χ0) is 22.2. The second-order valence-corrected chi connectivity index (χ2v) is 7.09. The number of carbonyl (C=O) groups excluding carboxylic acids is 2. The van der Waals surface area contributed by atoms with Gasteiger partial charge in [0.2, 0.25) is 0 Å². The van der Waals surface area contributed by atoms with E-state index in [1.54, 1.807) is 43.0 Å². The normalized spacial score (nSPS) is 15.2. The van der Waals surface area contributed by atoms with Gasteiger partial charge in [0, 0.05) is 30.1 Å². The first-order valence-electron chi connectivity index (χ1n) is 10.1. The third-order valence-electron chi connectivity index (χ3n) is 4.93. The van der Waals surface area contributed by atoms with Gasteiger partial charge in [0.1, 0.15) is 5.70 Å². The molecule has 2 aromatic carbocycles. The van der Waals surface area contributed by atoms with Gasteiger partial charge in [0.25, 0.3) is 11.8 Å². The molecule has 0 saturated carbocycles. The number of nitrogens with one attached hydrogen (secondary N) is 1. The van der Waals surface area contributed by atoms with Crippen molar-refractivity contribution in [2.45, 2.75) is 13.8 Å². The number of carbonyl (C=O) groups is 2. The van der Waals surface area contributed by atoms with E-state index in [0.717, 1.165) is 5.56 Å². The van der Waals surface area contributed by atoms with Crippen molar-refractivity contribution in [2.75, 3.05) is 31.6 Å². The summed E-state index contributed by atoms with van der Waals surface area (Å²) in [6.07, 6.45) is 0. The van der Waals surface area contributed by atoms with Crippen LogP contribution in [0.4, 0.5) is 5.69 Å². The number of hydrogen-bond donors (Lipinski definition) is 1. The predicted octanol–water partition coefficient (Wildman–Crippen LogP) is 3.54. The highest BCUT2D eigenvalue weighted by Crippen LogP contribution is 2.16. The summed E-state index contributed by atoms with van der Waals surface area (Å²) in [6.45, 7) is 9.25. The second-order valence-electron chi connectivity index (χ2n) is 7.09. The number of para-hydroxylation sites is 1. The summed E-state index contributed by atoms with van der Waals surface area (Å²) in [5.74, 6) is -0.421. The fourth-order valence-electron chi connectivity index (χ4n) is 3.14. The quantitative estimate of drug-likeness (QED) is 0.575. The first-order chi connectivity index (χ1) is 15.0. The second kappa shape index (κ2) is 10.4. The van der Waals surface area contributed by atoms with Crippen molar-refractivity contribution in [1.82, 2.24) is 4.90 Å². The zero-order valence-corrected chi connectivity index (χ0v) is 17.8. The van der Waals surface area contributed by atoms with Crippen LogP contribution in [-0.2, 0) is 9.53 Å². The van der Waals surface area contributed by atoms with Gasteiger partial charge in [0.15, 0.2) is 0 Å². The number of anilines is 1. The summed E-state index contributed by atoms with van der Waals surface area (Å²) >= 11 is 0. The van der Waals surface area contributed by atoms with Crippen LogP contribution in [0.1, 0.15) is 29.8 Å². The molecule has 2 amide bonds. The van der Waals surface area contributed by atoms with Crippen LogP contribution in [0, 0.1) is 0 Å². The van der Waals surface area contributed by atoms with Crippen LogP contribution in [0.3, 0.4) is 0 Å². The van der Waals surface area contributed by atoms with Gasteiger partial charge in [-0.05, 0) is 50.4 Å². The van der Waals surface area contributed by atoms with Crippen LogP contribution < -0.4 is 5.32 Å². The molecule has 1 heterocycles. The van der Waals surface area contributed by atoms with Crippen molar-refractivity contribution in [3.8, 4) is 0 Å². The molecule has 0 atom stereocenters. The molecule has 3 rings (SSSR count). The molecule has 1 fully saturated rings. The van der Waals surface area contributed by atoms with E-state index in [1.807, 2.05) is 30.3 Å². The molecule has 1 aliphatic heterocycles. The van der Waals surface area contributed by atoms with Crippen molar-refractivity contribution in [3.63, 3.8) is 0 Å². The van der Waals surface area contributed by atoms with E-state index < -0.39 is 0 Å². The van der Waals surface area contributed by atoms with E-state index in [0.29, 0.717) is 49.0 Å². The Balaban J connectivity index is 1.85. The molecule has 160 valence electrons. The number of benzene rings is 2. The van der Waals surface area contributed by atoms with Gasteiger partial charge >= 0.3 is 0 Å². The number of allylic oxidation sites excluding steroid dienone is 1. The Bertz CT molecular complexity index is 1020. The van der Waals surface area contributed by atoms with Crippen molar-refractivity contribution in [1.29, 1.82) is 0 Å². The molecule has 7 nitrogen and oxygen atoms in total. The average molecular weight is 418 g/mol. The molecule has 31 heavy (non-hydrogen) atoms. The lowest BCUT2D eigenvalue weighted by Gasteiger charge is -2.27.